The number of hydrogen-bond acceptors (Lipinski definition) is 4. The SMILES string of the molecule is Cc1ccc(S(=O)(=O)NCCc2n[nH]c(Cc3ccccc3)n2)cc1Cl. The molecule has 1 heterocycles. The Labute approximate surface area is 157 Å². The highest BCUT2D eigenvalue weighted by Gasteiger charge is 2.15. The minimum absolute atomic E-state index is 0.146. The standard InChI is InChI=1S/C18H19ClN4O2S/c1-13-7-8-15(12-16(13)19)26(24,25)20-10-9-17-21-18(23-22-17)11-14-5-3-2-4-6-14/h2-8,12,20H,9-11H2,1H3,(H,21,22,23). The summed E-state index contributed by atoms with van der Waals surface area (Å²) >= 11 is 6.00. The molecule has 3 aromatic rings. The normalized spacial score (nSPS) is 11.6. The topological polar surface area (TPSA) is 87.7 Å². The first-order chi connectivity index (χ1) is 12.4. The van der Waals surface area contributed by atoms with Gasteiger partial charge in [0.25, 0.3) is 0 Å². The molecule has 0 radical (unpaired) electrons. The third-order valence-electron chi connectivity index (χ3n) is 3.89. The van der Waals surface area contributed by atoms with Crippen LogP contribution in [0.25, 0.3) is 0 Å². The summed E-state index contributed by atoms with van der Waals surface area (Å²) in [6, 6.07) is 14.6. The molecule has 0 aliphatic rings. The average Bonchev–Trinajstić information content (AvgIpc) is 3.05. The van der Waals surface area contributed by atoms with Crippen LogP contribution in [0.5, 0.6) is 0 Å². The molecule has 0 fully saturated rings. The summed E-state index contributed by atoms with van der Waals surface area (Å²) in [4.78, 5) is 4.55. The largest absolute Gasteiger partial charge is 0.263 e. The molecule has 0 aliphatic carbocycles. The number of aryl methyl sites for hydroxylation is 1. The van der Waals surface area contributed by atoms with Gasteiger partial charge in [-0.2, -0.15) is 5.10 Å². The summed E-state index contributed by atoms with van der Waals surface area (Å²) in [7, 11) is -3.61. The number of nitrogens with zero attached hydrogens (tertiary/aromatic N) is 2. The van der Waals surface area contributed by atoms with Crippen molar-refractivity contribution in [3.63, 3.8) is 0 Å². The highest BCUT2D eigenvalue weighted by Crippen LogP contribution is 2.19. The molecule has 8 heteroatoms. The van der Waals surface area contributed by atoms with E-state index in [1.54, 1.807) is 6.07 Å². The van der Waals surface area contributed by atoms with Crippen molar-refractivity contribution in [2.24, 2.45) is 0 Å². The van der Waals surface area contributed by atoms with Crippen molar-refractivity contribution in [2.45, 2.75) is 24.7 Å². The first kappa shape index (κ1) is 18.6. The molecule has 0 aliphatic heterocycles. The molecule has 2 aromatic carbocycles. The van der Waals surface area contributed by atoms with Crippen molar-refractivity contribution in [1.29, 1.82) is 0 Å². The second-order valence-electron chi connectivity index (χ2n) is 5.92. The van der Waals surface area contributed by atoms with Gasteiger partial charge in [-0.1, -0.05) is 48.0 Å². The predicted octanol–water partition coefficient (Wildman–Crippen LogP) is 2.88. The van der Waals surface area contributed by atoms with Gasteiger partial charge in [0.05, 0.1) is 4.90 Å². The fourth-order valence-corrected chi connectivity index (χ4v) is 3.74. The second kappa shape index (κ2) is 7.99. The zero-order valence-corrected chi connectivity index (χ0v) is 15.8. The smallest absolute Gasteiger partial charge is 0.240 e. The molecule has 0 amide bonds. The van der Waals surface area contributed by atoms with Gasteiger partial charge in [-0.3, -0.25) is 5.10 Å². The summed E-state index contributed by atoms with van der Waals surface area (Å²) in [6.45, 7) is 2.03. The Balaban J connectivity index is 1.57. The molecular formula is C18H19ClN4O2S. The number of H-pyrrole nitrogens is 1. The van der Waals surface area contributed by atoms with Crippen molar-refractivity contribution in [1.82, 2.24) is 19.9 Å². The zero-order valence-electron chi connectivity index (χ0n) is 14.2. The van der Waals surface area contributed by atoms with Crippen LogP contribution < -0.4 is 4.72 Å². The Morgan fingerprint density at radius 1 is 1.15 bits per heavy atom. The van der Waals surface area contributed by atoms with Crippen molar-refractivity contribution < 1.29 is 8.42 Å². The van der Waals surface area contributed by atoms with Crippen molar-refractivity contribution in [3.8, 4) is 0 Å². The van der Waals surface area contributed by atoms with E-state index in [-0.39, 0.29) is 11.4 Å². The van der Waals surface area contributed by atoms with Gasteiger partial charge < -0.3 is 0 Å². The van der Waals surface area contributed by atoms with Crippen LogP contribution in [0.1, 0.15) is 22.8 Å². The van der Waals surface area contributed by atoms with E-state index in [4.69, 9.17) is 11.6 Å². The van der Waals surface area contributed by atoms with E-state index in [2.05, 4.69) is 19.9 Å². The molecule has 0 spiro atoms. The average molecular weight is 391 g/mol. The quantitative estimate of drug-likeness (QED) is 0.649. The molecule has 0 atom stereocenters. The van der Waals surface area contributed by atoms with Crippen molar-refractivity contribution in [3.05, 3.63) is 76.3 Å². The van der Waals surface area contributed by atoms with Gasteiger partial charge in [-0.15, -0.1) is 0 Å². The Kier molecular flexibility index (Phi) is 5.70. The van der Waals surface area contributed by atoms with Gasteiger partial charge in [-0.25, -0.2) is 18.1 Å². The fraction of sp³-hybridized carbons (Fsp3) is 0.222. The second-order valence-corrected chi connectivity index (χ2v) is 8.09. The monoisotopic (exact) mass is 390 g/mol. The predicted molar refractivity (Wildman–Crippen MR) is 101 cm³/mol. The highest BCUT2D eigenvalue weighted by atomic mass is 35.5. The highest BCUT2D eigenvalue weighted by molar-refractivity contribution is 7.89. The lowest BCUT2D eigenvalue weighted by atomic mass is 10.1. The summed E-state index contributed by atoms with van der Waals surface area (Å²) in [5, 5.41) is 7.45. The summed E-state index contributed by atoms with van der Waals surface area (Å²) in [5.74, 6) is 1.32. The van der Waals surface area contributed by atoms with E-state index in [1.807, 2.05) is 37.3 Å². The molecule has 26 heavy (non-hydrogen) atoms. The Morgan fingerprint density at radius 3 is 2.65 bits per heavy atom. The lowest BCUT2D eigenvalue weighted by Gasteiger charge is -2.07. The summed E-state index contributed by atoms with van der Waals surface area (Å²) < 4.78 is 27.2. The van der Waals surface area contributed by atoms with Crippen molar-refractivity contribution in [2.75, 3.05) is 6.54 Å². The minimum atomic E-state index is -3.61. The van der Waals surface area contributed by atoms with Crippen LogP contribution in [-0.2, 0) is 22.9 Å². The zero-order chi connectivity index (χ0) is 18.6. The van der Waals surface area contributed by atoms with Crippen LogP contribution in [-0.4, -0.2) is 30.1 Å². The number of hydrogen-bond donors (Lipinski definition) is 2. The first-order valence-electron chi connectivity index (χ1n) is 8.14. The van der Waals surface area contributed by atoms with Crippen LogP contribution in [0.15, 0.2) is 53.4 Å². The van der Waals surface area contributed by atoms with Gasteiger partial charge in [0.2, 0.25) is 10.0 Å². The molecule has 2 N–H and O–H groups in total. The van der Waals surface area contributed by atoms with Gasteiger partial charge in [0, 0.05) is 24.4 Å². The van der Waals surface area contributed by atoms with Gasteiger partial charge in [0.1, 0.15) is 5.82 Å². The van der Waals surface area contributed by atoms with Crippen LogP contribution in [0.3, 0.4) is 0 Å². The van der Waals surface area contributed by atoms with Crippen LogP contribution >= 0.6 is 11.6 Å². The molecule has 3 rings (SSSR count). The van der Waals surface area contributed by atoms with Crippen molar-refractivity contribution >= 4 is 21.6 Å². The van der Waals surface area contributed by atoms with E-state index < -0.39 is 10.0 Å². The number of sulfonamides is 1. The Bertz CT molecular complexity index is 987. The number of benzene rings is 2. The number of nitrogens with one attached hydrogen (secondary N) is 2. The minimum Gasteiger partial charge on any atom is -0.263 e. The molecule has 0 bridgehead atoms. The third kappa shape index (κ3) is 4.69. The molecule has 1 aromatic heterocycles. The molecule has 6 nitrogen and oxygen atoms in total. The van der Waals surface area contributed by atoms with Gasteiger partial charge in [-0.05, 0) is 30.2 Å². The van der Waals surface area contributed by atoms with E-state index in [9.17, 15) is 8.42 Å². The molecule has 0 unspecified atom stereocenters. The van der Waals surface area contributed by atoms with Crippen LogP contribution in [0.2, 0.25) is 5.02 Å². The number of halogens is 1. The maximum absolute atomic E-state index is 12.3. The van der Waals surface area contributed by atoms with E-state index in [0.29, 0.717) is 23.7 Å². The molecular weight excluding hydrogens is 372 g/mol. The van der Waals surface area contributed by atoms with E-state index in [1.165, 1.54) is 12.1 Å². The number of rotatable bonds is 7. The lowest BCUT2D eigenvalue weighted by molar-refractivity contribution is 0.581. The summed E-state index contributed by atoms with van der Waals surface area (Å²) in [6.07, 6.45) is 1.05. The molecule has 0 saturated heterocycles. The molecule has 136 valence electrons. The Morgan fingerprint density at radius 2 is 1.92 bits per heavy atom. The van der Waals surface area contributed by atoms with Crippen LogP contribution in [0.4, 0.5) is 0 Å². The first-order valence-corrected chi connectivity index (χ1v) is 10.00. The number of aromatic nitrogens is 3. The fourth-order valence-electron chi connectivity index (χ4n) is 2.44. The van der Waals surface area contributed by atoms with Gasteiger partial charge in [0.15, 0.2) is 5.82 Å². The Hall–Kier alpha value is -2.22. The molecule has 0 saturated carbocycles. The van der Waals surface area contributed by atoms with Crippen LogP contribution in [0, 0.1) is 6.92 Å². The number of aromatic amines is 1. The lowest BCUT2D eigenvalue weighted by Crippen LogP contribution is -2.26. The van der Waals surface area contributed by atoms with E-state index in [0.717, 1.165) is 17.0 Å². The maximum Gasteiger partial charge on any atom is 0.240 e. The van der Waals surface area contributed by atoms with E-state index >= 15 is 0 Å². The summed E-state index contributed by atoms with van der Waals surface area (Å²) in [5.41, 5.74) is 1.96. The third-order valence-corrected chi connectivity index (χ3v) is 5.75. The van der Waals surface area contributed by atoms with Gasteiger partial charge >= 0.3 is 0 Å². The maximum atomic E-state index is 12.3.